The maximum absolute atomic E-state index is 12.7. The highest BCUT2D eigenvalue weighted by atomic mass is 79.9. The number of ether oxygens (including phenoxy) is 3. The number of nitrogens with two attached hydrogens (primary N) is 1. The summed E-state index contributed by atoms with van der Waals surface area (Å²) >= 11 is 3.52. The van der Waals surface area contributed by atoms with Crippen molar-refractivity contribution in [2.75, 3.05) is 13.2 Å². The third-order valence-corrected chi connectivity index (χ3v) is 5.20. The lowest BCUT2D eigenvalue weighted by Crippen LogP contribution is -2.27. The summed E-state index contributed by atoms with van der Waals surface area (Å²) in [5, 5.41) is 9.70. The van der Waals surface area contributed by atoms with E-state index in [0.29, 0.717) is 65.3 Å². The van der Waals surface area contributed by atoms with Crippen LogP contribution >= 0.6 is 15.9 Å². The highest BCUT2D eigenvalue weighted by Crippen LogP contribution is 2.47. The van der Waals surface area contributed by atoms with Gasteiger partial charge in [0, 0.05) is 18.4 Å². The van der Waals surface area contributed by atoms with Gasteiger partial charge in [-0.05, 0) is 47.0 Å². The van der Waals surface area contributed by atoms with Crippen LogP contribution in [0.3, 0.4) is 0 Å². The number of nitriles is 1. The second kappa shape index (κ2) is 8.53. The first kappa shape index (κ1) is 20.0. The normalized spacial score (nSPS) is 18.9. The predicted molar refractivity (Wildman–Crippen MR) is 108 cm³/mol. The largest absolute Gasteiger partial charge is 0.490 e. The molecular formula is C21H21BrN2O4. The Morgan fingerprint density at radius 1 is 1.43 bits per heavy atom. The van der Waals surface area contributed by atoms with E-state index in [9.17, 15) is 10.1 Å². The van der Waals surface area contributed by atoms with E-state index in [1.165, 1.54) is 0 Å². The zero-order valence-electron chi connectivity index (χ0n) is 15.6. The molecule has 1 aliphatic carbocycles. The van der Waals surface area contributed by atoms with Gasteiger partial charge in [0.1, 0.15) is 24.0 Å². The number of carbonyl (C=O) groups excluding carboxylic acids is 1. The molecule has 146 valence electrons. The Morgan fingerprint density at radius 3 is 2.89 bits per heavy atom. The lowest BCUT2D eigenvalue weighted by atomic mass is 9.77. The van der Waals surface area contributed by atoms with Gasteiger partial charge in [-0.3, -0.25) is 4.79 Å². The van der Waals surface area contributed by atoms with E-state index in [1.54, 1.807) is 12.1 Å². The molecule has 2 N–H and O–H groups in total. The van der Waals surface area contributed by atoms with Crippen molar-refractivity contribution in [3.8, 4) is 17.6 Å². The Balaban J connectivity index is 2.17. The van der Waals surface area contributed by atoms with Crippen molar-refractivity contribution in [1.82, 2.24) is 0 Å². The van der Waals surface area contributed by atoms with Crippen molar-refractivity contribution in [1.29, 1.82) is 5.26 Å². The van der Waals surface area contributed by atoms with Gasteiger partial charge < -0.3 is 19.9 Å². The summed E-state index contributed by atoms with van der Waals surface area (Å²) < 4.78 is 17.7. The summed E-state index contributed by atoms with van der Waals surface area (Å²) in [7, 11) is 0. The van der Waals surface area contributed by atoms with Crippen molar-refractivity contribution >= 4 is 21.7 Å². The molecule has 0 spiro atoms. The van der Waals surface area contributed by atoms with E-state index >= 15 is 0 Å². The fourth-order valence-corrected chi connectivity index (χ4v) is 4.06. The zero-order valence-corrected chi connectivity index (χ0v) is 17.2. The molecule has 1 aromatic rings. The van der Waals surface area contributed by atoms with Gasteiger partial charge in [-0.25, -0.2) is 0 Å². The second-order valence-corrected chi connectivity index (χ2v) is 7.26. The van der Waals surface area contributed by atoms with Crippen LogP contribution in [0.1, 0.15) is 37.7 Å². The Hall–Kier alpha value is -2.72. The smallest absolute Gasteiger partial charge is 0.205 e. The molecule has 3 rings (SSSR count). The monoisotopic (exact) mass is 444 g/mol. The Kier molecular flexibility index (Phi) is 6.10. The minimum Gasteiger partial charge on any atom is -0.490 e. The fourth-order valence-electron chi connectivity index (χ4n) is 3.49. The number of Topliss-reactive ketones (excluding diaryl/α,β-unsaturated/α-hetero) is 1. The summed E-state index contributed by atoms with van der Waals surface area (Å²) in [4.78, 5) is 12.7. The zero-order chi connectivity index (χ0) is 20.3. The van der Waals surface area contributed by atoms with Crippen molar-refractivity contribution in [2.45, 2.75) is 32.1 Å². The number of carbonyl (C=O) groups is 1. The number of rotatable bonds is 6. The molecule has 2 aliphatic rings. The molecule has 0 saturated carbocycles. The SMILES string of the molecule is C=CCOc1c(Br)cc([C@H]2C(C#N)=C(N)OC3=C2C(=O)CCC3)cc1OCC. The number of hydrogen-bond donors (Lipinski definition) is 1. The summed E-state index contributed by atoms with van der Waals surface area (Å²) in [6, 6.07) is 5.74. The van der Waals surface area contributed by atoms with E-state index in [4.69, 9.17) is 19.9 Å². The first-order valence-electron chi connectivity index (χ1n) is 9.05. The Bertz CT molecular complexity index is 927. The quantitative estimate of drug-likeness (QED) is 0.659. The number of halogens is 1. The maximum Gasteiger partial charge on any atom is 0.205 e. The fraction of sp³-hybridized carbons (Fsp3) is 0.333. The molecule has 1 atom stereocenters. The van der Waals surface area contributed by atoms with Gasteiger partial charge in [0.25, 0.3) is 0 Å². The van der Waals surface area contributed by atoms with E-state index in [-0.39, 0.29) is 17.2 Å². The molecule has 0 unspecified atom stereocenters. The molecule has 0 saturated heterocycles. The third-order valence-electron chi connectivity index (χ3n) is 4.62. The molecule has 1 aromatic carbocycles. The highest BCUT2D eigenvalue weighted by molar-refractivity contribution is 9.10. The van der Waals surface area contributed by atoms with Crippen LogP contribution in [-0.2, 0) is 9.53 Å². The van der Waals surface area contributed by atoms with Gasteiger partial charge in [-0.2, -0.15) is 5.26 Å². The van der Waals surface area contributed by atoms with E-state index in [2.05, 4.69) is 28.6 Å². The van der Waals surface area contributed by atoms with Crippen molar-refractivity contribution in [2.24, 2.45) is 5.73 Å². The standard InChI is InChI=1S/C21H21BrN2O4/c1-3-8-27-20-14(22)9-12(10-17(20)26-4-2)18-13(11-23)21(24)28-16-7-5-6-15(25)19(16)18/h3,9-10,18H,1,4-8,24H2,2H3/t18-/m0/s1. The van der Waals surface area contributed by atoms with Crippen molar-refractivity contribution < 1.29 is 19.0 Å². The van der Waals surface area contributed by atoms with Crippen LogP contribution in [0.5, 0.6) is 11.5 Å². The average molecular weight is 445 g/mol. The van der Waals surface area contributed by atoms with Gasteiger partial charge in [-0.15, -0.1) is 0 Å². The van der Waals surface area contributed by atoms with Crippen LogP contribution in [0.4, 0.5) is 0 Å². The number of nitrogens with zero attached hydrogens (tertiary/aromatic N) is 1. The molecule has 28 heavy (non-hydrogen) atoms. The van der Waals surface area contributed by atoms with Crippen LogP contribution in [0.25, 0.3) is 0 Å². The van der Waals surface area contributed by atoms with Gasteiger partial charge >= 0.3 is 0 Å². The molecule has 0 fully saturated rings. The maximum atomic E-state index is 12.7. The lowest BCUT2D eigenvalue weighted by Gasteiger charge is -2.31. The predicted octanol–water partition coefficient (Wildman–Crippen LogP) is 4.23. The second-order valence-electron chi connectivity index (χ2n) is 6.40. The molecular weight excluding hydrogens is 424 g/mol. The van der Waals surface area contributed by atoms with Crippen LogP contribution in [0.15, 0.2) is 52.0 Å². The van der Waals surface area contributed by atoms with Crippen LogP contribution < -0.4 is 15.2 Å². The minimum atomic E-state index is -0.592. The minimum absolute atomic E-state index is 0.0208. The Labute approximate surface area is 172 Å². The van der Waals surface area contributed by atoms with Crippen LogP contribution in [0.2, 0.25) is 0 Å². The number of benzene rings is 1. The van der Waals surface area contributed by atoms with Gasteiger partial charge in [0.2, 0.25) is 5.88 Å². The highest BCUT2D eigenvalue weighted by Gasteiger charge is 2.38. The molecule has 0 amide bonds. The summed E-state index contributed by atoms with van der Waals surface area (Å²) in [5.74, 6) is 1.04. The number of hydrogen-bond acceptors (Lipinski definition) is 6. The van der Waals surface area contributed by atoms with Crippen molar-refractivity contribution in [3.63, 3.8) is 0 Å². The molecule has 7 heteroatoms. The number of ketones is 1. The van der Waals surface area contributed by atoms with Gasteiger partial charge in [0.15, 0.2) is 17.3 Å². The van der Waals surface area contributed by atoms with Crippen LogP contribution in [0, 0.1) is 11.3 Å². The summed E-state index contributed by atoms with van der Waals surface area (Å²) in [6.07, 6.45) is 3.40. The van der Waals surface area contributed by atoms with Crippen molar-refractivity contribution in [3.05, 3.63) is 57.6 Å². The molecule has 0 radical (unpaired) electrons. The van der Waals surface area contributed by atoms with E-state index < -0.39 is 5.92 Å². The topological polar surface area (TPSA) is 94.6 Å². The lowest BCUT2D eigenvalue weighted by molar-refractivity contribution is -0.116. The van der Waals surface area contributed by atoms with Gasteiger partial charge in [-0.1, -0.05) is 12.7 Å². The molecule has 1 aliphatic heterocycles. The summed E-state index contributed by atoms with van der Waals surface area (Å²) in [6.45, 7) is 6.28. The van der Waals surface area contributed by atoms with Crippen LogP contribution in [-0.4, -0.2) is 19.0 Å². The first-order valence-corrected chi connectivity index (χ1v) is 9.84. The Morgan fingerprint density at radius 2 is 2.21 bits per heavy atom. The molecule has 0 bridgehead atoms. The molecule has 1 heterocycles. The molecule has 0 aromatic heterocycles. The molecule has 6 nitrogen and oxygen atoms in total. The first-order chi connectivity index (χ1) is 13.5. The van der Waals surface area contributed by atoms with Gasteiger partial charge in [0.05, 0.1) is 17.0 Å². The van der Waals surface area contributed by atoms with E-state index in [1.807, 2.05) is 13.0 Å². The number of allylic oxidation sites excluding steroid dienone is 3. The van der Waals surface area contributed by atoms with E-state index in [0.717, 1.165) is 0 Å². The summed E-state index contributed by atoms with van der Waals surface area (Å²) in [5.41, 5.74) is 7.46. The third kappa shape index (κ3) is 3.65. The average Bonchev–Trinajstić information content (AvgIpc) is 2.66.